The summed E-state index contributed by atoms with van der Waals surface area (Å²) >= 11 is 0.752. The van der Waals surface area contributed by atoms with Gasteiger partial charge < -0.3 is 9.47 Å². The summed E-state index contributed by atoms with van der Waals surface area (Å²) in [6.45, 7) is 2.94. The third kappa shape index (κ3) is 6.31. The fraction of sp³-hybridized carbons (Fsp3) is 0.450. The minimum absolute atomic E-state index is 0.00242. The van der Waals surface area contributed by atoms with E-state index in [0.29, 0.717) is 13.1 Å². The van der Waals surface area contributed by atoms with Crippen LogP contribution >= 0.6 is 11.9 Å². The molecule has 1 fully saturated rings. The highest BCUT2D eigenvalue weighted by Crippen LogP contribution is 2.31. The molecular weight excluding hydrogens is 492 g/mol. The van der Waals surface area contributed by atoms with Gasteiger partial charge in [0.15, 0.2) is 17.5 Å². The first-order valence-electron chi connectivity index (χ1n) is 10.4. The maximum Gasteiger partial charge on any atom is 0.320 e. The largest absolute Gasteiger partial charge is 0.481 e. The number of hydrogen-bond acceptors (Lipinski definition) is 9. The molecule has 1 saturated heterocycles. The van der Waals surface area contributed by atoms with Gasteiger partial charge in [-0.05, 0) is 24.9 Å². The van der Waals surface area contributed by atoms with Gasteiger partial charge in [0, 0.05) is 43.6 Å². The molecule has 0 aliphatic carbocycles. The highest BCUT2D eigenvalue weighted by molar-refractivity contribution is 8.13. The number of carbonyl (C=O) groups is 1. The van der Waals surface area contributed by atoms with E-state index in [1.165, 1.54) is 29.6 Å². The van der Waals surface area contributed by atoms with Gasteiger partial charge in [-0.25, -0.2) is 18.7 Å². The molecule has 34 heavy (non-hydrogen) atoms. The summed E-state index contributed by atoms with van der Waals surface area (Å²) in [7, 11) is -2.75. The van der Waals surface area contributed by atoms with Gasteiger partial charge in [0.2, 0.25) is 5.88 Å². The van der Waals surface area contributed by atoms with Crippen molar-refractivity contribution in [1.82, 2.24) is 19.2 Å². The van der Waals surface area contributed by atoms with E-state index < -0.39 is 21.8 Å². The minimum Gasteiger partial charge on any atom is -0.481 e. The van der Waals surface area contributed by atoms with Crippen LogP contribution in [0.15, 0.2) is 30.6 Å². The number of esters is 1. The highest BCUT2D eigenvalue weighted by Gasteiger charge is 2.35. The van der Waals surface area contributed by atoms with E-state index in [2.05, 4.69) is 9.97 Å². The maximum absolute atomic E-state index is 14.2. The number of hydrogen-bond donors (Lipinski definition) is 0. The van der Waals surface area contributed by atoms with Crippen LogP contribution in [-0.4, -0.2) is 80.0 Å². The van der Waals surface area contributed by atoms with Gasteiger partial charge >= 0.3 is 16.2 Å². The maximum atomic E-state index is 14.2. The number of ether oxygens (including phenoxy) is 2. The quantitative estimate of drug-likeness (QED) is 0.345. The van der Waals surface area contributed by atoms with Crippen LogP contribution in [0.3, 0.4) is 0 Å². The Morgan fingerprint density at radius 2 is 1.94 bits per heavy atom. The van der Waals surface area contributed by atoms with Gasteiger partial charge in [0.25, 0.3) is 0 Å². The van der Waals surface area contributed by atoms with Crippen LogP contribution in [0.1, 0.15) is 12.5 Å². The Labute approximate surface area is 201 Å². The molecule has 2 aromatic rings. The first kappa shape index (κ1) is 26.1. The predicted octanol–water partition coefficient (Wildman–Crippen LogP) is 1.84. The fourth-order valence-electron chi connectivity index (χ4n) is 3.19. The molecule has 14 heteroatoms. The van der Waals surface area contributed by atoms with Crippen LogP contribution in [0.2, 0.25) is 0 Å². The number of rotatable bonds is 10. The first-order valence-corrected chi connectivity index (χ1v) is 12.7. The van der Waals surface area contributed by atoms with Crippen molar-refractivity contribution in [2.75, 3.05) is 50.2 Å². The zero-order valence-corrected chi connectivity index (χ0v) is 20.3. The van der Waals surface area contributed by atoms with Gasteiger partial charge in [-0.3, -0.25) is 9.69 Å². The summed E-state index contributed by atoms with van der Waals surface area (Å²) in [4.78, 5) is 21.5. The monoisotopic (exact) mass is 517 g/mol. The Balaban J connectivity index is 1.80. The molecule has 0 spiro atoms. The van der Waals surface area contributed by atoms with E-state index >= 15 is 0 Å². The number of piperazine rings is 1. The smallest absolute Gasteiger partial charge is 0.320 e. The van der Waals surface area contributed by atoms with E-state index in [1.54, 1.807) is 11.8 Å². The number of anilines is 1. The number of aromatic nitrogens is 2. The summed E-state index contributed by atoms with van der Waals surface area (Å²) < 4.78 is 67.1. The lowest BCUT2D eigenvalue weighted by molar-refractivity contribution is -0.144. The van der Waals surface area contributed by atoms with Crippen molar-refractivity contribution in [3.8, 4) is 5.88 Å². The molecule has 1 aliphatic rings. The molecule has 0 unspecified atom stereocenters. The minimum atomic E-state index is -4.13. The van der Waals surface area contributed by atoms with Crippen molar-refractivity contribution < 1.29 is 31.5 Å². The lowest BCUT2D eigenvalue weighted by Gasteiger charge is -2.36. The van der Waals surface area contributed by atoms with Gasteiger partial charge in [-0.15, -0.1) is 0 Å². The summed E-state index contributed by atoms with van der Waals surface area (Å²) in [6, 6.07) is 5.06. The SMILES string of the molecule is CCOC(=O)CN1CCN(S(=O)(=O)N(SCc2cccc(F)c2F)c2cc(OC)ncn2)CC1. The molecule has 2 heterocycles. The number of nitrogens with zero attached hydrogens (tertiary/aromatic N) is 5. The molecule has 0 bridgehead atoms. The van der Waals surface area contributed by atoms with Crippen molar-refractivity contribution in [1.29, 1.82) is 0 Å². The van der Waals surface area contributed by atoms with Crippen LogP contribution < -0.4 is 8.45 Å². The Kier molecular flexibility index (Phi) is 8.99. The number of methoxy groups -OCH3 is 1. The fourth-order valence-corrected chi connectivity index (χ4v) is 6.05. The zero-order valence-electron chi connectivity index (χ0n) is 18.7. The van der Waals surface area contributed by atoms with Crippen LogP contribution in [-0.2, 0) is 25.5 Å². The van der Waals surface area contributed by atoms with E-state index in [0.717, 1.165) is 28.1 Å². The zero-order chi connectivity index (χ0) is 24.7. The Morgan fingerprint density at radius 1 is 1.21 bits per heavy atom. The average molecular weight is 518 g/mol. The topological polar surface area (TPSA) is 105 Å². The van der Waals surface area contributed by atoms with E-state index in [9.17, 15) is 22.0 Å². The van der Waals surface area contributed by atoms with Crippen LogP contribution in [0.25, 0.3) is 0 Å². The van der Waals surface area contributed by atoms with Crippen molar-refractivity contribution in [3.63, 3.8) is 0 Å². The Bertz CT molecular complexity index is 1100. The summed E-state index contributed by atoms with van der Waals surface area (Å²) in [5.74, 6) is -2.46. The molecule has 1 aromatic heterocycles. The third-order valence-electron chi connectivity index (χ3n) is 4.92. The Morgan fingerprint density at radius 3 is 2.62 bits per heavy atom. The van der Waals surface area contributed by atoms with E-state index in [-0.39, 0.29) is 55.2 Å². The summed E-state index contributed by atoms with van der Waals surface area (Å²) in [6.07, 6.45) is 1.15. The first-order chi connectivity index (χ1) is 16.3. The van der Waals surface area contributed by atoms with Gasteiger partial charge in [0.1, 0.15) is 6.33 Å². The molecule has 10 nitrogen and oxygen atoms in total. The molecule has 0 saturated carbocycles. The molecule has 0 N–H and O–H groups in total. The van der Waals surface area contributed by atoms with Crippen molar-refractivity contribution in [2.24, 2.45) is 0 Å². The van der Waals surface area contributed by atoms with E-state index in [1.807, 2.05) is 0 Å². The third-order valence-corrected chi connectivity index (χ3v) is 8.28. The van der Waals surface area contributed by atoms with Gasteiger partial charge in [-0.2, -0.15) is 16.4 Å². The average Bonchev–Trinajstić information content (AvgIpc) is 2.82. The molecule has 0 atom stereocenters. The summed E-state index contributed by atoms with van der Waals surface area (Å²) in [5, 5.41) is 0. The van der Waals surface area contributed by atoms with Crippen LogP contribution in [0, 0.1) is 11.6 Å². The van der Waals surface area contributed by atoms with Crippen molar-refractivity contribution >= 4 is 33.9 Å². The molecule has 1 aliphatic heterocycles. The van der Waals surface area contributed by atoms with Gasteiger partial charge in [-0.1, -0.05) is 12.1 Å². The van der Waals surface area contributed by atoms with Crippen LogP contribution in [0.5, 0.6) is 5.88 Å². The van der Waals surface area contributed by atoms with Gasteiger partial charge in [0.05, 0.1) is 20.3 Å². The second-order valence-corrected chi connectivity index (χ2v) is 10.0. The Hall–Kier alpha value is -2.55. The van der Waals surface area contributed by atoms with Crippen molar-refractivity contribution in [3.05, 3.63) is 47.8 Å². The van der Waals surface area contributed by atoms with Crippen LogP contribution in [0.4, 0.5) is 14.6 Å². The highest BCUT2D eigenvalue weighted by atomic mass is 32.3. The molecule has 186 valence electrons. The standard InChI is InChI=1S/C20H25F2N5O5S2/c1-3-32-19(28)12-25-7-9-26(10-8-25)34(29,30)27(17-11-18(31-2)24-14-23-17)33-13-15-5-4-6-16(21)20(15)22/h4-6,11,14H,3,7-10,12-13H2,1-2H3. The predicted molar refractivity (Wildman–Crippen MR) is 122 cm³/mol. The second kappa shape index (κ2) is 11.7. The molecule has 0 radical (unpaired) electrons. The normalized spacial score (nSPS) is 15.2. The van der Waals surface area contributed by atoms with Crippen molar-refractivity contribution in [2.45, 2.75) is 12.7 Å². The second-order valence-electron chi connectivity index (χ2n) is 7.12. The number of benzene rings is 1. The molecule has 3 rings (SSSR count). The number of carbonyl (C=O) groups excluding carboxylic acids is 1. The van der Waals surface area contributed by atoms with E-state index in [4.69, 9.17) is 9.47 Å². The summed E-state index contributed by atoms with van der Waals surface area (Å²) in [5.41, 5.74) is 0.00507. The lowest BCUT2D eigenvalue weighted by atomic mass is 10.2. The molecular formula is C20H25F2N5O5S2. The lowest BCUT2D eigenvalue weighted by Crippen LogP contribution is -2.53. The molecule has 0 amide bonds. The number of halogens is 2. The molecule has 1 aromatic carbocycles.